The van der Waals surface area contributed by atoms with Crippen LogP contribution in [0.3, 0.4) is 0 Å². The summed E-state index contributed by atoms with van der Waals surface area (Å²) in [5, 5.41) is 0.774. The molecule has 1 aromatic heterocycles. The van der Waals surface area contributed by atoms with E-state index in [0.29, 0.717) is 11.6 Å². The van der Waals surface area contributed by atoms with Crippen molar-refractivity contribution in [1.82, 2.24) is 0 Å². The lowest BCUT2D eigenvalue weighted by molar-refractivity contribution is 0.101. The van der Waals surface area contributed by atoms with Crippen molar-refractivity contribution in [2.24, 2.45) is 0 Å². The van der Waals surface area contributed by atoms with Crippen molar-refractivity contribution in [2.45, 2.75) is 6.92 Å². The van der Waals surface area contributed by atoms with Gasteiger partial charge in [-0.2, -0.15) is 0 Å². The molecule has 0 fully saturated rings. The van der Waals surface area contributed by atoms with Gasteiger partial charge in [0.25, 0.3) is 0 Å². The molecule has 0 bridgehead atoms. The van der Waals surface area contributed by atoms with E-state index < -0.39 is 17.4 Å². The summed E-state index contributed by atoms with van der Waals surface area (Å²) in [6.07, 6.45) is 0. The molecule has 4 heteroatoms. The van der Waals surface area contributed by atoms with E-state index in [4.69, 9.17) is 4.42 Å². The molecule has 0 aliphatic rings. The van der Waals surface area contributed by atoms with E-state index in [2.05, 4.69) is 0 Å². The summed E-state index contributed by atoms with van der Waals surface area (Å²) in [7, 11) is 0. The largest absolute Gasteiger partial charge is 0.453 e. The number of hydrogen-bond acceptors (Lipinski definition) is 2. The topological polar surface area (TPSA) is 30.2 Å². The van der Waals surface area contributed by atoms with Crippen LogP contribution in [0.25, 0.3) is 11.0 Å². The lowest BCUT2D eigenvalue weighted by Crippen LogP contribution is -2.03. The van der Waals surface area contributed by atoms with Gasteiger partial charge in [0.15, 0.2) is 5.76 Å². The molecule has 3 rings (SSSR count). The molecule has 0 saturated carbocycles. The Morgan fingerprint density at radius 1 is 1.05 bits per heavy atom. The molecule has 100 valence electrons. The number of halogens is 2. The zero-order valence-electron chi connectivity index (χ0n) is 10.6. The summed E-state index contributed by atoms with van der Waals surface area (Å²) in [4.78, 5) is 12.2. The quantitative estimate of drug-likeness (QED) is 0.653. The van der Waals surface area contributed by atoms with Crippen molar-refractivity contribution in [2.75, 3.05) is 0 Å². The Balaban J connectivity index is 2.08. The molecule has 0 atom stereocenters. The number of furan rings is 1. The molecule has 2 aromatic carbocycles. The first-order chi connectivity index (χ1) is 9.54. The highest BCUT2D eigenvalue weighted by Crippen LogP contribution is 2.23. The maximum atomic E-state index is 13.6. The molecular formula is C16H10F2O2. The Bertz CT molecular complexity index is 818. The Hall–Kier alpha value is -2.49. The number of carbonyl (C=O) groups is 1. The third-order valence-corrected chi connectivity index (χ3v) is 3.07. The van der Waals surface area contributed by atoms with Crippen molar-refractivity contribution in [1.29, 1.82) is 0 Å². The summed E-state index contributed by atoms with van der Waals surface area (Å²) >= 11 is 0. The van der Waals surface area contributed by atoms with E-state index in [1.54, 1.807) is 12.1 Å². The monoisotopic (exact) mass is 272 g/mol. The molecule has 1 heterocycles. The highest BCUT2D eigenvalue weighted by atomic mass is 19.1. The Kier molecular flexibility index (Phi) is 2.86. The zero-order chi connectivity index (χ0) is 14.3. The van der Waals surface area contributed by atoms with Crippen molar-refractivity contribution in [3.8, 4) is 0 Å². The molecule has 0 unspecified atom stereocenters. The second kappa shape index (κ2) is 4.56. The predicted octanol–water partition coefficient (Wildman–Crippen LogP) is 4.25. The number of ketones is 1. The zero-order valence-corrected chi connectivity index (χ0v) is 10.6. The summed E-state index contributed by atoms with van der Waals surface area (Å²) in [6.45, 7) is 1.92. The van der Waals surface area contributed by atoms with Crippen molar-refractivity contribution >= 4 is 16.8 Å². The predicted molar refractivity (Wildman–Crippen MR) is 70.7 cm³/mol. The van der Waals surface area contributed by atoms with Crippen LogP contribution in [0.5, 0.6) is 0 Å². The number of carbonyl (C=O) groups excluding carboxylic acids is 1. The van der Waals surface area contributed by atoms with E-state index in [1.165, 1.54) is 0 Å². The van der Waals surface area contributed by atoms with Crippen LogP contribution in [0.15, 0.2) is 46.9 Å². The highest BCUT2D eigenvalue weighted by Gasteiger charge is 2.18. The van der Waals surface area contributed by atoms with Gasteiger partial charge >= 0.3 is 0 Å². The second-order valence-corrected chi connectivity index (χ2v) is 4.61. The fourth-order valence-corrected chi connectivity index (χ4v) is 2.08. The molecule has 2 nitrogen and oxygen atoms in total. The first-order valence-corrected chi connectivity index (χ1v) is 6.04. The van der Waals surface area contributed by atoms with Gasteiger partial charge < -0.3 is 4.42 Å². The Morgan fingerprint density at radius 2 is 1.85 bits per heavy atom. The van der Waals surface area contributed by atoms with E-state index >= 15 is 0 Å². The molecular weight excluding hydrogens is 262 g/mol. The minimum Gasteiger partial charge on any atom is -0.453 e. The maximum absolute atomic E-state index is 13.6. The standard InChI is InChI=1S/C16H10F2O2/c1-9-2-5-14-10(6-9)7-15(20-14)16(19)12-4-3-11(17)8-13(12)18/h2-8H,1H3. The molecule has 0 amide bonds. The fraction of sp³-hybridized carbons (Fsp3) is 0.0625. The van der Waals surface area contributed by atoms with Gasteiger partial charge in [-0.05, 0) is 37.3 Å². The molecule has 0 aliphatic heterocycles. The van der Waals surface area contributed by atoms with Crippen LogP contribution in [0.2, 0.25) is 0 Å². The van der Waals surface area contributed by atoms with Crippen LogP contribution in [0, 0.1) is 18.6 Å². The van der Waals surface area contributed by atoms with Gasteiger partial charge in [-0.1, -0.05) is 11.6 Å². The minimum atomic E-state index is -0.897. The number of aryl methyl sites for hydroxylation is 1. The van der Waals surface area contributed by atoms with Crippen LogP contribution in [0.4, 0.5) is 8.78 Å². The van der Waals surface area contributed by atoms with Crippen molar-refractivity contribution in [3.63, 3.8) is 0 Å². The molecule has 0 aliphatic carbocycles. The first kappa shape index (κ1) is 12.5. The summed E-state index contributed by atoms with van der Waals surface area (Å²) in [6, 6.07) is 9.89. The Morgan fingerprint density at radius 3 is 2.60 bits per heavy atom. The second-order valence-electron chi connectivity index (χ2n) is 4.61. The average Bonchev–Trinajstić information content (AvgIpc) is 2.81. The fourth-order valence-electron chi connectivity index (χ4n) is 2.08. The lowest BCUT2D eigenvalue weighted by Gasteiger charge is -1.99. The van der Waals surface area contributed by atoms with Crippen LogP contribution < -0.4 is 0 Å². The molecule has 0 radical (unpaired) electrons. The lowest BCUT2D eigenvalue weighted by atomic mass is 10.1. The molecule has 0 N–H and O–H groups in total. The SMILES string of the molecule is Cc1ccc2oc(C(=O)c3ccc(F)cc3F)cc2c1. The molecule has 0 spiro atoms. The minimum absolute atomic E-state index is 0.0381. The van der Waals surface area contributed by atoms with Crippen LogP contribution in [-0.4, -0.2) is 5.78 Å². The van der Waals surface area contributed by atoms with Gasteiger partial charge in [0.05, 0.1) is 5.56 Å². The van der Waals surface area contributed by atoms with Gasteiger partial charge in [0.2, 0.25) is 5.78 Å². The third-order valence-electron chi connectivity index (χ3n) is 3.07. The van der Waals surface area contributed by atoms with Gasteiger partial charge in [-0.25, -0.2) is 8.78 Å². The molecule has 20 heavy (non-hydrogen) atoms. The van der Waals surface area contributed by atoms with E-state index in [9.17, 15) is 13.6 Å². The number of fused-ring (bicyclic) bond motifs is 1. The van der Waals surface area contributed by atoms with E-state index in [0.717, 1.165) is 23.1 Å². The average molecular weight is 272 g/mol. The van der Waals surface area contributed by atoms with E-state index in [-0.39, 0.29) is 11.3 Å². The smallest absolute Gasteiger partial charge is 0.231 e. The normalized spacial score (nSPS) is 10.9. The molecule has 3 aromatic rings. The number of benzene rings is 2. The maximum Gasteiger partial charge on any atom is 0.231 e. The summed E-state index contributed by atoms with van der Waals surface area (Å²) in [5.74, 6) is -2.18. The molecule has 0 saturated heterocycles. The first-order valence-electron chi connectivity index (χ1n) is 6.04. The van der Waals surface area contributed by atoms with E-state index in [1.807, 2.05) is 19.1 Å². The highest BCUT2D eigenvalue weighted by molar-refractivity contribution is 6.09. The van der Waals surface area contributed by atoms with Gasteiger partial charge in [0, 0.05) is 11.5 Å². The number of rotatable bonds is 2. The van der Waals surface area contributed by atoms with Crippen LogP contribution in [-0.2, 0) is 0 Å². The third kappa shape index (κ3) is 2.09. The number of hydrogen-bond donors (Lipinski definition) is 0. The van der Waals surface area contributed by atoms with Gasteiger partial charge in [0.1, 0.15) is 17.2 Å². The summed E-state index contributed by atoms with van der Waals surface area (Å²) in [5.41, 5.74) is 1.38. The Labute approximate surface area is 113 Å². The summed E-state index contributed by atoms with van der Waals surface area (Å²) < 4.78 is 31.9. The van der Waals surface area contributed by atoms with Crippen molar-refractivity contribution in [3.05, 3.63) is 71.0 Å². The van der Waals surface area contributed by atoms with Crippen molar-refractivity contribution < 1.29 is 18.0 Å². The van der Waals surface area contributed by atoms with Gasteiger partial charge in [-0.15, -0.1) is 0 Å². The van der Waals surface area contributed by atoms with Crippen LogP contribution >= 0.6 is 0 Å². The van der Waals surface area contributed by atoms with Gasteiger partial charge in [-0.3, -0.25) is 4.79 Å². The van der Waals surface area contributed by atoms with Crippen LogP contribution in [0.1, 0.15) is 21.7 Å².